The summed E-state index contributed by atoms with van der Waals surface area (Å²) in [5.74, 6) is -0.348. The van der Waals surface area contributed by atoms with E-state index in [4.69, 9.17) is 0 Å². The first kappa shape index (κ1) is 14.7. The second kappa shape index (κ2) is 6.25. The fourth-order valence-corrected chi connectivity index (χ4v) is 3.92. The van der Waals surface area contributed by atoms with Crippen LogP contribution in [0.2, 0.25) is 0 Å². The van der Waals surface area contributed by atoms with Crippen LogP contribution < -0.4 is 5.32 Å². The Morgan fingerprint density at radius 3 is 2.76 bits per heavy atom. The molecule has 1 N–H and O–H groups in total. The number of benzene rings is 1. The van der Waals surface area contributed by atoms with Crippen molar-refractivity contribution < 1.29 is 4.39 Å². The molecule has 8 heteroatoms. The monoisotopic (exact) mass is 430 g/mol. The maximum atomic E-state index is 14.1. The van der Waals surface area contributed by atoms with Crippen molar-refractivity contribution in [2.24, 2.45) is 0 Å². The van der Waals surface area contributed by atoms with E-state index in [0.717, 1.165) is 18.8 Å². The number of halogens is 3. The molecule has 21 heavy (non-hydrogen) atoms. The normalized spacial score (nSPS) is 10.8. The smallest absolute Gasteiger partial charge is 0.150 e. The van der Waals surface area contributed by atoms with Gasteiger partial charge in [-0.05, 0) is 56.1 Å². The van der Waals surface area contributed by atoms with Gasteiger partial charge in [0.15, 0.2) is 5.82 Å². The standard InChI is InChI=1S/C13H9Br2FN4S/c14-10-4-9(21-13(10)15)5-18-8-1-2-12(11(16)3-8)20-7-17-6-19-20/h1-4,6-7,18H,5H2. The quantitative estimate of drug-likeness (QED) is 0.656. The maximum absolute atomic E-state index is 14.1. The Labute approximate surface area is 141 Å². The van der Waals surface area contributed by atoms with Crippen LogP contribution >= 0.6 is 43.2 Å². The van der Waals surface area contributed by atoms with E-state index in [0.29, 0.717) is 12.2 Å². The van der Waals surface area contributed by atoms with Crippen molar-refractivity contribution in [3.8, 4) is 5.69 Å². The van der Waals surface area contributed by atoms with Crippen LogP contribution in [-0.4, -0.2) is 14.8 Å². The third kappa shape index (κ3) is 3.33. The van der Waals surface area contributed by atoms with Gasteiger partial charge in [-0.3, -0.25) is 0 Å². The van der Waals surface area contributed by atoms with Crippen molar-refractivity contribution >= 4 is 48.9 Å². The molecular formula is C13H9Br2FN4S. The predicted octanol–water partition coefficient (Wildman–Crippen LogP) is 4.61. The third-order valence-electron chi connectivity index (χ3n) is 2.78. The molecule has 0 atom stereocenters. The fraction of sp³-hybridized carbons (Fsp3) is 0.0769. The van der Waals surface area contributed by atoms with Gasteiger partial charge in [-0.1, -0.05) is 0 Å². The lowest BCUT2D eigenvalue weighted by molar-refractivity contribution is 0.611. The molecule has 2 aromatic heterocycles. The fourth-order valence-electron chi connectivity index (χ4n) is 1.80. The van der Waals surface area contributed by atoms with E-state index in [1.807, 2.05) is 12.1 Å². The van der Waals surface area contributed by atoms with E-state index < -0.39 is 0 Å². The molecule has 4 nitrogen and oxygen atoms in total. The minimum absolute atomic E-state index is 0.348. The van der Waals surface area contributed by atoms with Gasteiger partial charge in [0.1, 0.15) is 18.3 Å². The molecule has 0 fully saturated rings. The number of hydrogen-bond donors (Lipinski definition) is 1. The number of anilines is 1. The van der Waals surface area contributed by atoms with Gasteiger partial charge in [-0.25, -0.2) is 14.1 Å². The molecule has 3 rings (SSSR count). The summed E-state index contributed by atoms with van der Waals surface area (Å²) in [6.07, 6.45) is 2.84. The first-order valence-electron chi connectivity index (χ1n) is 5.95. The van der Waals surface area contributed by atoms with Gasteiger partial charge in [0.05, 0.1) is 3.79 Å². The lowest BCUT2D eigenvalue weighted by Crippen LogP contribution is -2.01. The molecule has 1 aromatic carbocycles. The summed E-state index contributed by atoms with van der Waals surface area (Å²) in [7, 11) is 0. The second-order valence-electron chi connectivity index (χ2n) is 4.19. The molecule has 0 unspecified atom stereocenters. The largest absolute Gasteiger partial charge is 0.380 e. The second-order valence-corrected chi connectivity index (χ2v) is 7.50. The van der Waals surface area contributed by atoms with E-state index in [1.54, 1.807) is 17.4 Å². The van der Waals surface area contributed by atoms with Gasteiger partial charge in [-0.15, -0.1) is 11.3 Å². The maximum Gasteiger partial charge on any atom is 0.150 e. The molecule has 0 saturated carbocycles. The van der Waals surface area contributed by atoms with E-state index in [1.165, 1.54) is 23.4 Å². The first-order valence-corrected chi connectivity index (χ1v) is 8.36. The van der Waals surface area contributed by atoms with Crippen LogP contribution in [-0.2, 0) is 6.54 Å². The summed E-state index contributed by atoms with van der Waals surface area (Å²) in [5, 5.41) is 7.12. The van der Waals surface area contributed by atoms with Crippen molar-refractivity contribution in [2.75, 3.05) is 5.32 Å². The molecular weight excluding hydrogens is 423 g/mol. The van der Waals surface area contributed by atoms with Crippen LogP contribution in [0.15, 0.2) is 45.2 Å². The molecule has 0 aliphatic heterocycles. The third-order valence-corrected chi connectivity index (χ3v) is 6.03. The zero-order chi connectivity index (χ0) is 14.8. The van der Waals surface area contributed by atoms with E-state index in [-0.39, 0.29) is 5.82 Å². The highest BCUT2D eigenvalue weighted by molar-refractivity contribution is 9.13. The van der Waals surface area contributed by atoms with E-state index >= 15 is 0 Å². The molecule has 2 heterocycles. The Hall–Kier alpha value is -1.25. The van der Waals surface area contributed by atoms with Gasteiger partial charge >= 0.3 is 0 Å². The van der Waals surface area contributed by atoms with Gasteiger partial charge in [0.25, 0.3) is 0 Å². The molecule has 0 radical (unpaired) electrons. The molecule has 0 saturated heterocycles. The van der Waals surface area contributed by atoms with Crippen molar-refractivity contribution in [1.29, 1.82) is 0 Å². The minimum Gasteiger partial charge on any atom is -0.380 e. The van der Waals surface area contributed by atoms with Crippen molar-refractivity contribution in [3.05, 3.63) is 55.9 Å². The van der Waals surface area contributed by atoms with E-state index in [9.17, 15) is 4.39 Å². The summed E-state index contributed by atoms with van der Waals surface area (Å²) in [5.41, 5.74) is 1.09. The van der Waals surface area contributed by atoms with Crippen molar-refractivity contribution in [2.45, 2.75) is 6.54 Å². The lowest BCUT2D eigenvalue weighted by Gasteiger charge is -2.07. The topological polar surface area (TPSA) is 42.7 Å². The predicted molar refractivity (Wildman–Crippen MR) is 88.4 cm³/mol. The summed E-state index contributed by atoms with van der Waals surface area (Å²) >= 11 is 8.53. The Balaban J connectivity index is 1.73. The number of aromatic nitrogens is 3. The molecule has 108 valence electrons. The Morgan fingerprint density at radius 1 is 1.29 bits per heavy atom. The van der Waals surface area contributed by atoms with Crippen LogP contribution in [0.5, 0.6) is 0 Å². The zero-order valence-electron chi connectivity index (χ0n) is 10.6. The van der Waals surface area contributed by atoms with Crippen LogP contribution in [0.4, 0.5) is 10.1 Å². The number of thiophene rings is 1. The lowest BCUT2D eigenvalue weighted by atomic mass is 10.2. The first-order chi connectivity index (χ1) is 10.1. The van der Waals surface area contributed by atoms with Crippen LogP contribution in [0.25, 0.3) is 5.69 Å². The average molecular weight is 432 g/mol. The number of rotatable bonds is 4. The highest BCUT2D eigenvalue weighted by Crippen LogP contribution is 2.32. The SMILES string of the molecule is Fc1cc(NCc2cc(Br)c(Br)s2)ccc1-n1cncn1. The van der Waals surface area contributed by atoms with Crippen LogP contribution in [0.3, 0.4) is 0 Å². The highest BCUT2D eigenvalue weighted by atomic mass is 79.9. The zero-order valence-corrected chi connectivity index (χ0v) is 14.5. The van der Waals surface area contributed by atoms with Gasteiger partial charge < -0.3 is 5.32 Å². The van der Waals surface area contributed by atoms with E-state index in [2.05, 4.69) is 47.3 Å². The molecule has 0 spiro atoms. The number of hydrogen-bond acceptors (Lipinski definition) is 4. The average Bonchev–Trinajstić information content (AvgIpc) is 3.08. The molecule has 0 aliphatic carbocycles. The summed E-state index contributed by atoms with van der Waals surface area (Å²) in [6, 6.07) is 6.97. The Kier molecular flexibility index (Phi) is 4.37. The molecule has 0 bridgehead atoms. The summed E-state index contributed by atoms with van der Waals surface area (Å²) in [4.78, 5) is 4.96. The summed E-state index contributed by atoms with van der Waals surface area (Å²) < 4.78 is 17.5. The Bertz CT molecular complexity index is 738. The number of nitrogens with one attached hydrogen (secondary N) is 1. The van der Waals surface area contributed by atoms with Gasteiger partial charge in [0.2, 0.25) is 0 Å². The van der Waals surface area contributed by atoms with Crippen LogP contribution in [0.1, 0.15) is 4.88 Å². The van der Waals surface area contributed by atoms with Gasteiger partial charge in [0, 0.05) is 21.6 Å². The molecule has 0 aliphatic rings. The van der Waals surface area contributed by atoms with Crippen molar-refractivity contribution in [3.63, 3.8) is 0 Å². The number of nitrogens with zero attached hydrogens (tertiary/aromatic N) is 3. The van der Waals surface area contributed by atoms with Crippen molar-refractivity contribution in [1.82, 2.24) is 14.8 Å². The summed E-state index contributed by atoms with van der Waals surface area (Å²) in [6.45, 7) is 0.636. The Morgan fingerprint density at radius 2 is 2.14 bits per heavy atom. The highest BCUT2D eigenvalue weighted by Gasteiger charge is 2.07. The van der Waals surface area contributed by atoms with Crippen LogP contribution in [0, 0.1) is 5.82 Å². The molecule has 0 amide bonds. The minimum atomic E-state index is -0.348. The molecule has 3 aromatic rings. The van der Waals surface area contributed by atoms with Gasteiger partial charge in [-0.2, -0.15) is 5.10 Å².